The molecule has 2 rings (SSSR count). The normalized spacial score (nSPS) is 18.3. The average Bonchev–Trinajstić information content (AvgIpc) is 2.54. The zero-order valence-electron chi connectivity index (χ0n) is 15.2. The number of piperidine rings is 1. The van der Waals surface area contributed by atoms with Crippen molar-refractivity contribution in [1.29, 1.82) is 0 Å². The molecule has 0 saturated carbocycles. The number of hydrogen-bond acceptors (Lipinski definition) is 4. The molecule has 4 heteroatoms. The first-order valence-electron chi connectivity index (χ1n) is 8.93. The highest BCUT2D eigenvalue weighted by molar-refractivity contribution is 5.54. The molecule has 1 saturated heterocycles. The Balaban J connectivity index is 1.91. The number of rotatable bonds is 7. The highest BCUT2D eigenvalue weighted by Crippen LogP contribution is 2.25. The highest BCUT2D eigenvalue weighted by Gasteiger charge is 2.23. The molecule has 0 bridgehead atoms. The summed E-state index contributed by atoms with van der Waals surface area (Å²) in [5.74, 6) is 0.812. The summed E-state index contributed by atoms with van der Waals surface area (Å²) < 4.78 is 5.66. The molecule has 1 aromatic rings. The van der Waals surface area contributed by atoms with Gasteiger partial charge in [-0.2, -0.15) is 0 Å². The lowest BCUT2D eigenvalue weighted by Crippen LogP contribution is -2.46. The number of nitrogen functional groups attached to an aromatic ring is 1. The lowest BCUT2D eigenvalue weighted by molar-refractivity contribution is 0.113. The van der Waals surface area contributed by atoms with Crippen LogP contribution in [0.25, 0.3) is 0 Å². The van der Waals surface area contributed by atoms with Crippen LogP contribution in [0.3, 0.4) is 0 Å². The molecule has 2 N–H and O–H groups in total. The molecule has 1 aromatic carbocycles. The van der Waals surface area contributed by atoms with Gasteiger partial charge in [-0.25, -0.2) is 0 Å². The SMILES string of the molecule is CCCOc1ccc(CC(C)N(C)C2CCN(C)CC2)cc1N. The molecule has 0 radical (unpaired) electrons. The second kappa shape index (κ2) is 8.55. The van der Waals surface area contributed by atoms with Gasteiger partial charge in [0.25, 0.3) is 0 Å². The molecule has 1 aliphatic rings. The van der Waals surface area contributed by atoms with E-state index in [0.29, 0.717) is 12.1 Å². The number of ether oxygens (including phenoxy) is 1. The maximum atomic E-state index is 6.13. The minimum Gasteiger partial charge on any atom is -0.491 e. The molecule has 1 heterocycles. The summed E-state index contributed by atoms with van der Waals surface area (Å²) in [5.41, 5.74) is 8.17. The Morgan fingerprint density at radius 3 is 2.65 bits per heavy atom. The van der Waals surface area contributed by atoms with E-state index < -0.39 is 0 Å². The first-order valence-corrected chi connectivity index (χ1v) is 8.93. The molecule has 130 valence electrons. The number of anilines is 1. The summed E-state index contributed by atoms with van der Waals surface area (Å²) >= 11 is 0. The van der Waals surface area contributed by atoms with Gasteiger partial charge >= 0.3 is 0 Å². The minimum absolute atomic E-state index is 0.519. The number of nitrogens with zero attached hydrogens (tertiary/aromatic N) is 2. The van der Waals surface area contributed by atoms with Crippen molar-refractivity contribution < 1.29 is 4.74 Å². The fourth-order valence-electron chi connectivity index (χ4n) is 3.32. The Morgan fingerprint density at radius 2 is 2.04 bits per heavy atom. The van der Waals surface area contributed by atoms with Crippen molar-refractivity contribution in [3.63, 3.8) is 0 Å². The maximum Gasteiger partial charge on any atom is 0.142 e. The quantitative estimate of drug-likeness (QED) is 0.785. The van der Waals surface area contributed by atoms with Crippen LogP contribution >= 0.6 is 0 Å². The number of likely N-dealkylation sites (tertiary alicyclic amines) is 1. The van der Waals surface area contributed by atoms with Crippen LogP contribution in [0.1, 0.15) is 38.7 Å². The van der Waals surface area contributed by atoms with E-state index in [1.807, 2.05) is 6.07 Å². The summed E-state index contributed by atoms with van der Waals surface area (Å²) in [6.45, 7) is 7.55. The lowest BCUT2D eigenvalue weighted by Gasteiger charge is -2.38. The topological polar surface area (TPSA) is 41.7 Å². The van der Waals surface area contributed by atoms with Crippen molar-refractivity contribution in [2.45, 2.75) is 51.6 Å². The zero-order valence-corrected chi connectivity index (χ0v) is 15.2. The van der Waals surface area contributed by atoms with Crippen LogP contribution in [-0.4, -0.2) is 55.7 Å². The molecular formula is C19H33N3O. The van der Waals surface area contributed by atoms with E-state index in [4.69, 9.17) is 10.5 Å². The molecule has 1 fully saturated rings. The number of likely N-dealkylation sites (N-methyl/N-ethyl adjacent to an activating group) is 1. The molecule has 0 amide bonds. The third-order valence-electron chi connectivity index (χ3n) is 5.03. The third kappa shape index (κ3) is 5.11. The first kappa shape index (κ1) is 18.1. The van der Waals surface area contributed by atoms with E-state index in [1.165, 1.54) is 31.5 Å². The van der Waals surface area contributed by atoms with E-state index in [1.54, 1.807) is 0 Å². The van der Waals surface area contributed by atoms with Crippen molar-refractivity contribution in [2.24, 2.45) is 0 Å². The molecule has 0 spiro atoms. The van der Waals surface area contributed by atoms with Crippen molar-refractivity contribution in [2.75, 3.05) is 39.5 Å². The van der Waals surface area contributed by atoms with E-state index in [9.17, 15) is 0 Å². The minimum atomic E-state index is 0.519. The molecule has 23 heavy (non-hydrogen) atoms. The van der Waals surface area contributed by atoms with Gasteiger partial charge in [-0.05, 0) is 77.5 Å². The largest absolute Gasteiger partial charge is 0.491 e. The van der Waals surface area contributed by atoms with Crippen LogP contribution in [0.15, 0.2) is 18.2 Å². The number of hydrogen-bond donors (Lipinski definition) is 1. The van der Waals surface area contributed by atoms with Gasteiger partial charge in [0.15, 0.2) is 0 Å². The van der Waals surface area contributed by atoms with Gasteiger partial charge in [-0.15, -0.1) is 0 Å². The molecule has 1 atom stereocenters. The Morgan fingerprint density at radius 1 is 1.35 bits per heavy atom. The monoisotopic (exact) mass is 319 g/mol. The van der Waals surface area contributed by atoms with Crippen LogP contribution in [0, 0.1) is 0 Å². The smallest absolute Gasteiger partial charge is 0.142 e. The van der Waals surface area contributed by atoms with Crippen LogP contribution in [-0.2, 0) is 6.42 Å². The van der Waals surface area contributed by atoms with Gasteiger partial charge in [0.1, 0.15) is 5.75 Å². The molecular weight excluding hydrogens is 286 g/mol. The summed E-state index contributed by atoms with van der Waals surface area (Å²) in [6, 6.07) is 7.46. The number of benzene rings is 1. The standard InChI is InChI=1S/C19H33N3O/c1-5-12-23-19-7-6-16(14-18(19)20)13-15(2)22(4)17-8-10-21(3)11-9-17/h6-7,14-15,17H,5,8-13,20H2,1-4H3. The van der Waals surface area contributed by atoms with Crippen LogP contribution in [0.2, 0.25) is 0 Å². The van der Waals surface area contributed by atoms with E-state index >= 15 is 0 Å². The van der Waals surface area contributed by atoms with Crippen LogP contribution in [0.5, 0.6) is 5.75 Å². The Labute approximate surface area is 141 Å². The third-order valence-corrected chi connectivity index (χ3v) is 5.03. The van der Waals surface area contributed by atoms with Gasteiger partial charge in [0.05, 0.1) is 12.3 Å². The van der Waals surface area contributed by atoms with Crippen molar-refractivity contribution in [3.05, 3.63) is 23.8 Å². The van der Waals surface area contributed by atoms with Crippen molar-refractivity contribution >= 4 is 5.69 Å². The Bertz CT molecular complexity index is 484. The predicted octanol–water partition coefficient (Wildman–Crippen LogP) is 3.01. The van der Waals surface area contributed by atoms with E-state index in [0.717, 1.165) is 30.9 Å². The Hall–Kier alpha value is -1.26. The van der Waals surface area contributed by atoms with Gasteiger partial charge in [-0.1, -0.05) is 13.0 Å². The predicted molar refractivity (Wildman–Crippen MR) is 98.1 cm³/mol. The summed E-state index contributed by atoms with van der Waals surface area (Å²) in [5, 5.41) is 0. The lowest BCUT2D eigenvalue weighted by atomic mass is 9.99. The van der Waals surface area contributed by atoms with Gasteiger partial charge in [-0.3, -0.25) is 0 Å². The Kier molecular flexibility index (Phi) is 6.72. The summed E-state index contributed by atoms with van der Waals surface area (Å²) in [6.07, 6.45) is 4.56. The van der Waals surface area contributed by atoms with Crippen molar-refractivity contribution in [1.82, 2.24) is 9.80 Å². The first-order chi connectivity index (χ1) is 11.0. The second-order valence-corrected chi connectivity index (χ2v) is 6.97. The van der Waals surface area contributed by atoms with Gasteiger partial charge in [0.2, 0.25) is 0 Å². The fourth-order valence-corrected chi connectivity index (χ4v) is 3.32. The summed E-state index contributed by atoms with van der Waals surface area (Å²) in [4.78, 5) is 4.97. The zero-order chi connectivity index (χ0) is 16.8. The van der Waals surface area contributed by atoms with Gasteiger partial charge in [0, 0.05) is 12.1 Å². The summed E-state index contributed by atoms with van der Waals surface area (Å²) in [7, 11) is 4.48. The van der Waals surface area contributed by atoms with E-state index in [2.05, 4.69) is 49.9 Å². The van der Waals surface area contributed by atoms with Gasteiger partial charge < -0.3 is 20.3 Å². The second-order valence-electron chi connectivity index (χ2n) is 6.97. The molecule has 0 aromatic heterocycles. The van der Waals surface area contributed by atoms with Crippen molar-refractivity contribution in [3.8, 4) is 5.75 Å². The fraction of sp³-hybridized carbons (Fsp3) is 0.684. The van der Waals surface area contributed by atoms with Crippen LogP contribution in [0.4, 0.5) is 5.69 Å². The molecule has 1 unspecified atom stereocenters. The maximum absolute atomic E-state index is 6.13. The molecule has 4 nitrogen and oxygen atoms in total. The average molecular weight is 319 g/mol. The van der Waals surface area contributed by atoms with Crippen LogP contribution < -0.4 is 10.5 Å². The molecule has 1 aliphatic heterocycles. The highest BCUT2D eigenvalue weighted by atomic mass is 16.5. The molecule has 0 aliphatic carbocycles. The number of nitrogens with two attached hydrogens (primary N) is 1. The van der Waals surface area contributed by atoms with E-state index in [-0.39, 0.29) is 0 Å².